The van der Waals surface area contributed by atoms with Crippen molar-refractivity contribution in [1.29, 1.82) is 0 Å². The van der Waals surface area contributed by atoms with Crippen molar-refractivity contribution in [2.45, 2.75) is 56.9 Å². The first-order valence-electron chi connectivity index (χ1n) is 6.67. The topological polar surface area (TPSA) is 17.1 Å². The van der Waals surface area contributed by atoms with Crippen LogP contribution in [0.1, 0.15) is 45.6 Å². The summed E-state index contributed by atoms with van der Waals surface area (Å²) in [6, 6.07) is 5.89. The zero-order valence-corrected chi connectivity index (χ0v) is 12.9. The van der Waals surface area contributed by atoms with Gasteiger partial charge in [-0.05, 0) is 42.4 Å². The van der Waals surface area contributed by atoms with Crippen LogP contribution in [0.25, 0.3) is 0 Å². The fraction of sp³-hybridized carbons (Fsp3) is 0.600. The predicted molar refractivity (Wildman–Crippen MR) is 75.9 cm³/mol. The Kier molecular flexibility index (Phi) is 5.80. The van der Waals surface area contributed by atoms with E-state index in [-0.39, 0.29) is 4.90 Å². The first-order chi connectivity index (χ1) is 9.09. The maximum Gasteiger partial charge on any atom is 0.475 e. The van der Waals surface area contributed by atoms with Crippen molar-refractivity contribution < 1.29 is 17.4 Å². The Bertz CT molecular complexity index is 444. The van der Waals surface area contributed by atoms with Gasteiger partial charge in [0.05, 0.1) is 0 Å². The number of halogens is 3. The van der Waals surface area contributed by atoms with Gasteiger partial charge in [-0.1, -0.05) is 39.3 Å². The molecule has 0 saturated heterocycles. The van der Waals surface area contributed by atoms with Gasteiger partial charge in [-0.15, -0.1) is 0 Å². The van der Waals surface area contributed by atoms with Gasteiger partial charge >= 0.3 is 5.51 Å². The molecule has 1 atom stereocenters. The zero-order chi connectivity index (χ0) is 15.4. The minimum atomic E-state index is -4.69. The van der Waals surface area contributed by atoms with Gasteiger partial charge < -0.3 is 0 Å². The van der Waals surface area contributed by atoms with Crippen LogP contribution in [0.2, 0.25) is 0 Å². The molecule has 1 rings (SSSR count). The van der Waals surface area contributed by atoms with E-state index in [4.69, 9.17) is 0 Å². The second-order valence-electron chi connectivity index (χ2n) is 6.13. The van der Waals surface area contributed by atoms with E-state index in [1.165, 1.54) is 12.1 Å². The molecule has 0 spiro atoms. The van der Waals surface area contributed by atoms with E-state index in [1.807, 2.05) is 0 Å². The maximum atomic E-state index is 12.3. The highest BCUT2D eigenvalue weighted by atomic mass is 32.2. The molecule has 1 aromatic carbocycles. The molecular weight excluding hydrogens is 285 g/mol. The van der Waals surface area contributed by atoms with Crippen LogP contribution in [0.4, 0.5) is 13.2 Å². The lowest BCUT2D eigenvalue weighted by Crippen LogP contribution is -2.16. The van der Waals surface area contributed by atoms with Gasteiger partial charge in [0.25, 0.3) is 0 Å². The Morgan fingerprint density at radius 2 is 1.55 bits per heavy atom. The number of unbranched alkanes of at least 4 members (excludes halogenated alkanes) is 1. The third kappa shape index (κ3) is 6.07. The Morgan fingerprint density at radius 1 is 1.00 bits per heavy atom. The second-order valence-corrected chi connectivity index (χ2v) is 7.60. The summed E-state index contributed by atoms with van der Waals surface area (Å²) in [4.78, 5) is -0.184. The van der Waals surface area contributed by atoms with Crippen molar-refractivity contribution >= 4 is 10.8 Å². The number of aryl methyl sites for hydroxylation is 1. The number of rotatable bonds is 5. The van der Waals surface area contributed by atoms with Crippen LogP contribution >= 0.6 is 0 Å². The van der Waals surface area contributed by atoms with Gasteiger partial charge in [-0.25, -0.2) is 4.21 Å². The summed E-state index contributed by atoms with van der Waals surface area (Å²) in [7, 11) is -2.93. The first-order valence-corrected chi connectivity index (χ1v) is 7.82. The predicted octanol–water partition coefficient (Wildman–Crippen LogP) is 5.07. The molecule has 0 N–H and O–H groups in total. The first kappa shape index (κ1) is 17.2. The molecule has 0 aliphatic heterocycles. The molecule has 0 amide bonds. The molecule has 0 bridgehead atoms. The molecule has 0 aliphatic carbocycles. The summed E-state index contributed by atoms with van der Waals surface area (Å²) in [5.41, 5.74) is -3.39. The van der Waals surface area contributed by atoms with E-state index < -0.39 is 16.3 Å². The molecule has 0 fully saturated rings. The van der Waals surface area contributed by atoms with E-state index in [2.05, 4.69) is 20.8 Å². The molecule has 1 unspecified atom stereocenters. The molecule has 1 aromatic rings. The summed E-state index contributed by atoms with van der Waals surface area (Å²) in [6.07, 6.45) is 4.08. The van der Waals surface area contributed by atoms with Crippen LogP contribution in [0, 0.1) is 5.41 Å². The molecule has 20 heavy (non-hydrogen) atoms. The Balaban J connectivity index is 2.49. The van der Waals surface area contributed by atoms with Gasteiger partial charge in [0.1, 0.15) is 0 Å². The van der Waals surface area contributed by atoms with E-state index in [9.17, 15) is 17.4 Å². The summed E-state index contributed by atoms with van der Waals surface area (Å²) in [6.45, 7) is 6.57. The molecule has 0 radical (unpaired) electrons. The Labute approximate surface area is 121 Å². The quantitative estimate of drug-likeness (QED) is 0.694. The van der Waals surface area contributed by atoms with E-state index in [1.54, 1.807) is 12.1 Å². The third-order valence-corrected chi connectivity index (χ3v) is 4.11. The van der Waals surface area contributed by atoms with Crippen molar-refractivity contribution in [3.05, 3.63) is 29.8 Å². The minimum Gasteiger partial charge on any atom is -0.245 e. The maximum absolute atomic E-state index is 12.3. The molecule has 0 heterocycles. The van der Waals surface area contributed by atoms with Crippen molar-refractivity contribution in [2.24, 2.45) is 5.41 Å². The zero-order valence-electron chi connectivity index (χ0n) is 12.1. The molecule has 0 aromatic heterocycles. The number of benzene rings is 1. The molecule has 114 valence electrons. The lowest BCUT2D eigenvalue weighted by molar-refractivity contribution is -0.0384. The van der Waals surface area contributed by atoms with Crippen LogP contribution in [-0.4, -0.2) is 9.72 Å². The lowest BCUT2D eigenvalue weighted by Gasteiger charge is -2.17. The summed E-state index contributed by atoms with van der Waals surface area (Å²) < 4.78 is 48.0. The van der Waals surface area contributed by atoms with Crippen molar-refractivity contribution in [3.8, 4) is 0 Å². The van der Waals surface area contributed by atoms with E-state index in [0.717, 1.165) is 31.2 Å². The average Bonchev–Trinajstić information content (AvgIpc) is 2.32. The van der Waals surface area contributed by atoms with E-state index >= 15 is 0 Å². The molecular formula is C15H21F3OS. The molecule has 5 heteroatoms. The number of alkyl halides is 3. The highest BCUT2D eigenvalue weighted by Gasteiger charge is 2.37. The fourth-order valence-corrected chi connectivity index (χ4v) is 2.55. The van der Waals surface area contributed by atoms with Gasteiger partial charge in [0.2, 0.25) is 0 Å². The van der Waals surface area contributed by atoms with Gasteiger partial charge in [0.15, 0.2) is 10.8 Å². The molecule has 0 aliphatic rings. The highest BCUT2D eigenvalue weighted by Crippen LogP contribution is 2.26. The number of hydrogen-bond acceptors (Lipinski definition) is 1. The van der Waals surface area contributed by atoms with Crippen molar-refractivity contribution in [1.82, 2.24) is 0 Å². The molecule has 1 nitrogen and oxygen atoms in total. The summed E-state index contributed by atoms with van der Waals surface area (Å²) >= 11 is 0. The number of hydrogen-bond donors (Lipinski definition) is 0. The lowest BCUT2D eigenvalue weighted by atomic mass is 9.89. The van der Waals surface area contributed by atoms with Crippen LogP contribution in [0.5, 0.6) is 0 Å². The summed E-state index contributed by atoms with van der Waals surface area (Å²) in [5, 5.41) is 0. The SMILES string of the molecule is CC(C)(C)CCCCc1ccc(S(=O)C(F)(F)F)cc1. The van der Waals surface area contributed by atoms with Gasteiger partial charge in [-0.3, -0.25) is 0 Å². The highest BCUT2D eigenvalue weighted by molar-refractivity contribution is 7.86. The monoisotopic (exact) mass is 306 g/mol. The van der Waals surface area contributed by atoms with Crippen LogP contribution in [0.15, 0.2) is 29.2 Å². The second kappa shape index (κ2) is 6.74. The minimum absolute atomic E-state index is 0.184. The Morgan fingerprint density at radius 3 is 2.00 bits per heavy atom. The van der Waals surface area contributed by atoms with Crippen LogP contribution < -0.4 is 0 Å². The smallest absolute Gasteiger partial charge is 0.245 e. The van der Waals surface area contributed by atoms with Crippen LogP contribution in [-0.2, 0) is 17.2 Å². The largest absolute Gasteiger partial charge is 0.475 e. The van der Waals surface area contributed by atoms with Crippen molar-refractivity contribution in [3.63, 3.8) is 0 Å². The van der Waals surface area contributed by atoms with Gasteiger partial charge in [0, 0.05) is 4.90 Å². The Hall–Kier alpha value is -0.840. The third-order valence-electron chi connectivity index (χ3n) is 2.99. The molecule has 0 saturated carbocycles. The van der Waals surface area contributed by atoms with Crippen LogP contribution in [0.3, 0.4) is 0 Å². The fourth-order valence-electron chi connectivity index (χ4n) is 1.90. The van der Waals surface area contributed by atoms with Gasteiger partial charge in [-0.2, -0.15) is 13.2 Å². The van der Waals surface area contributed by atoms with E-state index in [0.29, 0.717) is 5.41 Å². The average molecular weight is 306 g/mol. The standard InChI is InChI=1S/C15H21F3OS/c1-14(2,3)11-5-4-6-12-7-9-13(10-8-12)20(19)15(16,17)18/h7-10H,4-6,11H2,1-3H3. The normalized spacial score (nSPS) is 14.3. The summed E-state index contributed by atoms with van der Waals surface area (Å²) in [5.74, 6) is 0. The van der Waals surface area contributed by atoms with Crippen molar-refractivity contribution in [2.75, 3.05) is 0 Å².